The third kappa shape index (κ3) is 2.56. The van der Waals surface area contributed by atoms with E-state index >= 15 is 0 Å². The summed E-state index contributed by atoms with van der Waals surface area (Å²) in [7, 11) is 0. The predicted octanol–water partition coefficient (Wildman–Crippen LogP) is 2.50. The quantitative estimate of drug-likeness (QED) is 0.730. The van der Waals surface area contributed by atoms with Crippen LogP contribution in [0.5, 0.6) is 0 Å². The summed E-state index contributed by atoms with van der Waals surface area (Å²) in [5.74, 6) is 0. The summed E-state index contributed by atoms with van der Waals surface area (Å²) in [6.45, 7) is 4.39. The molecular formula is C10H12BrNO. The maximum atomic E-state index is 11.5. The molecule has 0 atom stereocenters. The molecule has 0 saturated heterocycles. The van der Waals surface area contributed by atoms with Crippen LogP contribution < -0.4 is 5.56 Å². The summed E-state index contributed by atoms with van der Waals surface area (Å²) in [5, 5.41) is 0. The molecule has 2 nitrogen and oxygen atoms in total. The molecule has 0 radical (unpaired) electrons. The molecule has 0 aliphatic heterocycles. The van der Waals surface area contributed by atoms with Crippen molar-refractivity contribution in [2.45, 2.75) is 20.4 Å². The highest BCUT2D eigenvalue weighted by Crippen LogP contribution is 2.07. The van der Waals surface area contributed by atoms with Crippen LogP contribution in [0, 0.1) is 6.92 Å². The van der Waals surface area contributed by atoms with Crippen molar-refractivity contribution in [2.24, 2.45) is 0 Å². The van der Waals surface area contributed by atoms with E-state index in [0.29, 0.717) is 6.54 Å². The molecular weight excluding hydrogens is 230 g/mol. The van der Waals surface area contributed by atoms with E-state index in [-0.39, 0.29) is 5.56 Å². The monoisotopic (exact) mass is 241 g/mol. The first-order chi connectivity index (χ1) is 6.15. The molecule has 1 rings (SSSR count). The van der Waals surface area contributed by atoms with Gasteiger partial charge in [0.15, 0.2) is 0 Å². The minimum absolute atomic E-state index is 0.0706. The third-order valence-corrected chi connectivity index (χ3v) is 2.20. The van der Waals surface area contributed by atoms with Crippen LogP contribution in [0.1, 0.15) is 12.5 Å². The van der Waals surface area contributed by atoms with Gasteiger partial charge in [-0.1, -0.05) is 12.2 Å². The molecule has 0 saturated carbocycles. The molecule has 0 aliphatic carbocycles. The summed E-state index contributed by atoms with van der Waals surface area (Å²) in [5.41, 5.74) is 0.833. The Kier molecular flexibility index (Phi) is 3.48. The predicted molar refractivity (Wildman–Crippen MR) is 58.0 cm³/mol. The largest absolute Gasteiger partial charge is 0.310 e. The van der Waals surface area contributed by atoms with E-state index in [2.05, 4.69) is 15.9 Å². The van der Waals surface area contributed by atoms with Crippen LogP contribution in [0.25, 0.3) is 0 Å². The van der Waals surface area contributed by atoms with E-state index in [1.54, 1.807) is 10.8 Å². The van der Waals surface area contributed by atoms with E-state index in [4.69, 9.17) is 0 Å². The molecule has 0 spiro atoms. The lowest BCUT2D eigenvalue weighted by Crippen LogP contribution is -2.20. The fourth-order valence-electron chi connectivity index (χ4n) is 1.09. The Hall–Kier alpha value is -0.830. The number of nitrogens with zero attached hydrogens (tertiary/aromatic N) is 1. The summed E-state index contributed by atoms with van der Waals surface area (Å²) in [6.07, 6.45) is 5.69. The lowest BCUT2D eigenvalue weighted by molar-refractivity contribution is 0.767. The second-order valence-electron chi connectivity index (χ2n) is 2.87. The van der Waals surface area contributed by atoms with Gasteiger partial charge in [-0.05, 0) is 35.8 Å². The molecule has 0 N–H and O–H groups in total. The van der Waals surface area contributed by atoms with Gasteiger partial charge in [-0.15, -0.1) is 0 Å². The van der Waals surface area contributed by atoms with Gasteiger partial charge in [-0.2, -0.15) is 0 Å². The molecule has 70 valence electrons. The molecule has 0 aliphatic rings. The number of hydrogen-bond donors (Lipinski definition) is 0. The molecule has 0 fully saturated rings. The van der Waals surface area contributed by atoms with Crippen molar-refractivity contribution in [3.8, 4) is 0 Å². The van der Waals surface area contributed by atoms with Gasteiger partial charge in [0.05, 0.1) is 0 Å². The van der Waals surface area contributed by atoms with Crippen molar-refractivity contribution in [3.63, 3.8) is 0 Å². The van der Waals surface area contributed by atoms with Gasteiger partial charge < -0.3 is 4.57 Å². The molecule has 0 amide bonds. The van der Waals surface area contributed by atoms with Crippen molar-refractivity contribution < 1.29 is 0 Å². The van der Waals surface area contributed by atoms with Gasteiger partial charge in [0, 0.05) is 22.8 Å². The lowest BCUT2D eigenvalue weighted by Gasteiger charge is -2.03. The first-order valence-corrected chi connectivity index (χ1v) is 4.92. The Labute approximate surface area is 86.0 Å². The van der Waals surface area contributed by atoms with Crippen molar-refractivity contribution >= 4 is 15.9 Å². The average Bonchev–Trinajstić information content (AvgIpc) is 2.09. The molecule has 0 aromatic carbocycles. The fraction of sp³-hybridized carbons (Fsp3) is 0.300. The number of rotatable bonds is 2. The normalized spacial score (nSPS) is 11.0. The highest BCUT2D eigenvalue weighted by atomic mass is 79.9. The molecule has 1 aromatic rings. The Balaban J connectivity index is 3.13. The molecule has 1 heterocycles. The maximum absolute atomic E-state index is 11.5. The minimum Gasteiger partial charge on any atom is -0.310 e. The van der Waals surface area contributed by atoms with E-state index in [9.17, 15) is 4.79 Å². The second-order valence-corrected chi connectivity index (χ2v) is 3.78. The van der Waals surface area contributed by atoms with Gasteiger partial charge in [-0.3, -0.25) is 4.79 Å². The second kappa shape index (κ2) is 4.42. The minimum atomic E-state index is 0.0706. The van der Waals surface area contributed by atoms with Crippen molar-refractivity contribution in [2.75, 3.05) is 0 Å². The van der Waals surface area contributed by atoms with E-state index in [0.717, 1.165) is 10.0 Å². The smallest absolute Gasteiger partial charge is 0.253 e. The summed E-state index contributed by atoms with van der Waals surface area (Å²) >= 11 is 3.36. The Morgan fingerprint density at radius 1 is 1.62 bits per heavy atom. The molecule has 13 heavy (non-hydrogen) atoms. The van der Waals surface area contributed by atoms with Crippen LogP contribution in [0.4, 0.5) is 0 Å². The number of pyridine rings is 1. The van der Waals surface area contributed by atoms with Gasteiger partial charge in [0.2, 0.25) is 0 Å². The van der Waals surface area contributed by atoms with Crippen molar-refractivity contribution in [1.29, 1.82) is 0 Å². The van der Waals surface area contributed by atoms with Gasteiger partial charge in [0.1, 0.15) is 0 Å². The van der Waals surface area contributed by atoms with Gasteiger partial charge in [-0.25, -0.2) is 0 Å². The molecule has 1 aromatic heterocycles. The van der Waals surface area contributed by atoms with Crippen LogP contribution >= 0.6 is 15.9 Å². The Morgan fingerprint density at radius 3 is 2.92 bits per heavy atom. The Bertz CT molecular complexity index is 379. The number of aryl methyl sites for hydroxylation is 1. The SMILES string of the molecule is C/C=C/Cn1cc(Br)cc(C)c1=O. The van der Waals surface area contributed by atoms with Crippen LogP contribution in [0.15, 0.2) is 33.7 Å². The zero-order valence-corrected chi connectivity index (χ0v) is 9.34. The third-order valence-electron chi connectivity index (χ3n) is 1.77. The molecule has 0 bridgehead atoms. The zero-order chi connectivity index (χ0) is 9.84. The number of allylic oxidation sites excluding steroid dienone is 2. The summed E-state index contributed by atoms with van der Waals surface area (Å²) in [6, 6.07) is 1.83. The zero-order valence-electron chi connectivity index (χ0n) is 7.75. The van der Waals surface area contributed by atoms with Crippen LogP contribution in [0.2, 0.25) is 0 Å². The topological polar surface area (TPSA) is 22.0 Å². The van der Waals surface area contributed by atoms with Gasteiger partial charge >= 0.3 is 0 Å². The van der Waals surface area contributed by atoms with Gasteiger partial charge in [0.25, 0.3) is 5.56 Å². The standard InChI is InChI=1S/C10H12BrNO/c1-3-4-5-12-7-9(11)6-8(2)10(12)13/h3-4,6-7H,5H2,1-2H3/b4-3+. The van der Waals surface area contributed by atoms with E-state index in [1.165, 1.54) is 0 Å². The van der Waals surface area contributed by atoms with Crippen molar-refractivity contribution in [3.05, 3.63) is 44.8 Å². The lowest BCUT2D eigenvalue weighted by atomic mass is 10.3. The average molecular weight is 242 g/mol. The maximum Gasteiger partial charge on any atom is 0.253 e. The number of hydrogen-bond acceptors (Lipinski definition) is 1. The first-order valence-electron chi connectivity index (χ1n) is 4.13. The van der Waals surface area contributed by atoms with E-state index < -0.39 is 0 Å². The number of halogens is 1. The highest BCUT2D eigenvalue weighted by molar-refractivity contribution is 9.10. The van der Waals surface area contributed by atoms with Crippen LogP contribution in [-0.4, -0.2) is 4.57 Å². The molecule has 0 unspecified atom stereocenters. The Morgan fingerprint density at radius 2 is 2.31 bits per heavy atom. The van der Waals surface area contributed by atoms with Crippen molar-refractivity contribution in [1.82, 2.24) is 4.57 Å². The van der Waals surface area contributed by atoms with Crippen LogP contribution in [-0.2, 0) is 6.54 Å². The summed E-state index contributed by atoms with van der Waals surface area (Å²) < 4.78 is 2.62. The number of aromatic nitrogens is 1. The highest BCUT2D eigenvalue weighted by Gasteiger charge is 1.99. The first kappa shape index (κ1) is 10.3. The summed E-state index contributed by atoms with van der Waals surface area (Å²) in [4.78, 5) is 11.5. The van der Waals surface area contributed by atoms with Crippen LogP contribution in [0.3, 0.4) is 0 Å². The fourth-order valence-corrected chi connectivity index (χ4v) is 1.68. The van der Waals surface area contributed by atoms with E-state index in [1.807, 2.05) is 32.1 Å². The molecule has 3 heteroatoms.